The molecule has 0 unspecified atom stereocenters. The highest BCUT2D eigenvalue weighted by Gasteiger charge is 2.18. The first kappa shape index (κ1) is 12.3. The molecule has 0 spiro atoms. The van der Waals surface area contributed by atoms with Crippen LogP contribution in [-0.4, -0.2) is 35.6 Å². The maximum atomic E-state index is 12.7. The summed E-state index contributed by atoms with van der Waals surface area (Å²) in [5.41, 5.74) is 0. The number of pyridine rings is 1. The molecule has 0 atom stereocenters. The highest BCUT2D eigenvalue weighted by Crippen LogP contribution is 2.15. The van der Waals surface area contributed by atoms with Gasteiger partial charge in [0.1, 0.15) is 11.6 Å². The Morgan fingerprint density at radius 3 is 2.76 bits per heavy atom. The number of hydrogen-bond donors (Lipinski definition) is 1. The lowest BCUT2D eigenvalue weighted by Gasteiger charge is -2.32. The summed E-state index contributed by atoms with van der Waals surface area (Å²) in [7, 11) is 0. The van der Waals surface area contributed by atoms with Crippen LogP contribution in [0.15, 0.2) is 18.3 Å². The minimum Gasteiger partial charge on any atom is -0.367 e. The summed E-state index contributed by atoms with van der Waals surface area (Å²) in [6.07, 6.45) is 4.75. The van der Waals surface area contributed by atoms with Crippen molar-refractivity contribution in [3.05, 3.63) is 24.1 Å². The zero-order chi connectivity index (χ0) is 12.1. The zero-order valence-electron chi connectivity index (χ0n) is 10.3. The lowest BCUT2D eigenvalue weighted by atomic mass is 10.0. The molecule has 0 aliphatic carbocycles. The van der Waals surface area contributed by atoms with E-state index in [1.807, 2.05) is 0 Å². The molecule has 1 aliphatic heterocycles. The highest BCUT2D eigenvalue weighted by molar-refractivity contribution is 5.34. The molecule has 3 nitrogen and oxygen atoms in total. The van der Waals surface area contributed by atoms with Gasteiger partial charge >= 0.3 is 0 Å². The van der Waals surface area contributed by atoms with E-state index >= 15 is 0 Å². The molecule has 2 rings (SSSR count). The third kappa shape index (κ3) is 3.66. The van der Waals surface area contributed by atoms with E-state index in [-0.39, 0.29) is 5.82 Å². The Labute approximate surface area is 102 Å². The van der Waals surface area contributed by atoms with Crippen molar-refractivity contribution in [2.24, 2.45) is 0 Å². The van der Waals surface area contributed by atoms with Crippen LogP contribution in [0.25, 0.3) is 0 Å². The summed E-state index contributed by atoms with van der Waals surface area (Å²) < 4.78 is 12.7. The van der Waals surface area contributed by atoms with Gasteiger partial charge in [0.15, 0.2) is 0 Å². The zero-order valence-corrected chi connectivity index (χ0v) is 10.3. The lowest BCUT2D eigenvalue weighted by Crippen LogP contribution is -2.39. The Kier molecular flexibility index (Phi) is 4.31. The molecule has 0 aromatic carbocycles. The number of hydrogen-bond acceptors (Lipinski definition) is 3. The molecule has 4 heteroatoms. The largest absolute Gasteiger partial charge is 0.367 e. The fourth-order valence-corrected chi connectivity index (χ4v) is 2.29. The summed E-state index contributed by atoms with van der Waals surface area (Å²) in [6.45, 7) is 5.70. The normalized spacial score (nSPS) is 18.2. The van der Waals surface area contributed by atoms with Crippen molar-refractivity contribution >= 4 is 5.82 Å². The van der Waals surface area contributed by atoms with Gasteiger partial charge in [0.25, 0.3) is 0 Å². The molecule has 0 bridgehead atoms. The SMILES string of the molecule is CCCN1CCC(Nc2ccc(F)cn2)CC1. The van der Waals surface area contributed by atoms with E-state index in [9.17, 15) is 4.39 Å². The summed E-state index contributed by atoms with van der Waals surface area (Å²) in [6, 6.07) is 3.62. The van der Waals surface area contributed by atoms with Gasteiger partial charge in [-0.2, -0.15) is 0 Å². The second-order valence-electron chi connectivity index (χ2n) is 4.62. The average molecular weight is 237 g/mol. The van der Waals surface area contributed by atoms with Crippen molar-refractivity contribution in [3.63, 3.8) is 0 Å². The van der Waals surface area contributed by atoms with Crippen LogP contribution >= 0.6 is 0 Å². The lowest BCUT2D eigenvalue weighted by molar-refractivity contribution is 0.219. The number of likely N-dealkylation sites (tertiary alicyclic amines) is 1. The smallest absolute Gasteiger partial charge is 0.141 e. The van der Waals surface area contributed by atoms with Crippen molar-refractivity contribution < 1.29 is 4.39 Å². The van der Waals surface area contributed by atoms with Gasteiger partial charge in [-0.15, -0.1) is 0 Å². The fraction of sp³-hybridized carbons (Fsp3) is 0.615. The Morgan fingerprint density at radius 2 is 2.18 bits per heavy atom. The van der Waals surface area contributed by atoms with Gasteiger partial charge in [-0.05, 0) is 37.9 Å². The molecule has 17 heavy (non-hydrogen) atoms. The molecule has 94 valence electrons. The molecule has 0 radical (unpaired) electrons. The second kappa shape index (κ2) is 5.96. The summed E-state index contributed by atoms with van der Waals surface area (Å²) in [4.78, 5) is 6.52. The quantitative estimate of drug-likeness (QED) is 0.872. The van der Waals surface area contributed by atoms with E-state index in [1.54, 1.807) is 6.07 Å². The second-order valence-corrected chi connectivity index (χ2v) is 4.62. The monoisotopic (exact) mass is 237 g/mol. The van der Waals surface area contributed by atoms with Crippen LogP contribution in [0.1, 0.15) is 26.2 Å². The molecule has 2 heterocycles. The van der Waals surface area contributed by atoms with Gasteiger partial charge in [0, 0.05) is 19.1 Å². The number of rotatable bonds is 4. The van der Waals surface area contributed by atoms with Crippen LogP contribution in [-0.2, 0) is 0 Å². The molecular weight excluding hydrogens is 217 g/mol. The number of halogens is 1. The molecule has 1 aromatic heterocycles. The average Bonchev–Trinajstić information content (AvgIpc) is 2.35. The Bertz CT molecular complexity index is 331. The summed E-state index contributed by atoms with van der Waals surface area (Å²) in [5.74, 6) is 0.494. The predicted molar refractivity (Wildman–Crippen MR) is 67.6 cm³/mol. The predicted octanol–water partition coefficient (Wildman–Crippen LogP) is 2.51. The molecular formula is C13H20FN3. The topological polar surface area (TPSA) is 28.2 Å². The maximum absolute atomic E-state index is 12.7. The van der Waals surface area contributed by atoms with Gasteiger partial charge in [-0.25, -0.2) is 9.37 Å². The summed E-state index contributed by atoms with van der Waals surface area (Å²) >= 11 is 0. The molecule has 1 saturated heterocycles. The third-order valence-corrected chi connectivity index (χ3v) is 3.21. The first-order valence-electron chi connectivity index (χ1n) is 6.38. The maximum Gasteiger partial charge on any atom is 0.141 e. The van der Waals surface area contributed by atoms with Gasteiger partial charge < -0.3 is 10.2 Å². The van der Waals surface area contributed by atoms with Crippen LogP contribution in [0.4, 0.5) is 10.2 Å². The van der Waals surface area contributed by atoms with Gasteiger partial charge in [-0.1, -0.05) is 6.92 Å². The minimum absolute atomic E-state index is 0.284. The molecule has 0 saturated carbocycles. The van der Waals surface area contributed by atoms with Crippen LogP contribution in [0.3, 0.4) is 0 Å². The van der Waals surface area contributed by atoms with E-state index < -0.39 is 0 Å². The van der Waals surface area contributed by atoms with E-state index in [4.69, 9.17) is 0 Å². The Morgan fingerprint density at radius 1 is 1.41 bits per heavy atom. The highest BCUT2D eigenvalue weighted by atomic mass is 19.1. The van der Waals surface area contributed by atoms with Crippen molar-refractivity contribution in [1.29, 1.82) is 0 Å². The van der Waals surface area contributed by atoms with Crippen molar-refractivity contribution in [3.8, 4) is 0 Å². The van der Waals surface area contributed by atoms with E-state index in [1.165, 1.54) is 25.2 Å². The third-order valence-electron chi connectivity index (χ3n) is 3.21. The standard InChI is InChI=1S/C13H20FN3/c1-2-7-17-8-5-12(6-9-17)16-13-4-3-11(14)10-15-13/h3-4,10,12H,2,5-9H2,1H3,(H,15,16). The Balaban J connectivity index is 1.79. The number of piperidine rings is 1. The van der Waals surface area contributed by atoms with Crippen molar-refractivity contribution in [1.82, 2.24) is 9.88 Å². The number of nitrogens with zero attached hydrogens (tertiary/aromatic N) is 2. The fourth-order valence-electron chi connectivity index (χ4n) is 2.29. The number of nitrogens with one attached hydrogen (secondary N) is 1. The van der Waals surface area contributed by atoms with Crippen LogP contribution < -0.4 is 5.32 Å². The Hall–Kier alpha value is -1.16. The summed E-state index contributed by atoms with van der Waals surface area (Å²) in [5, 5.41) is 3.37. The van der Waals surface area contributed by atoms with Crippen LogP contribution in [0.2, 0.25) is 0 Å². The van der Waals surface area contributed by atoms with E-state index in [2.05, 4.69) is 22.1 Å². The van der Waals surface area contributed by atoms with E-state index in [0.29, 0.717) is 6.04 Å². The van der Waals surface area contributed by atoms with Crippen LogP contribution in [0, 0.1) is 5.82 Å². The van der Waals surface area contributed by atoms with Crippen molar-refractivity contribution in [2.45, 2.75) is 32.2 Å². The first-order valence-corrected chi connectivity index (χ1v) is 6.38. The molecule has 0 amide bonds. The molecule has 1 fully saturated rings. The molecule has 1 aliphatic rings. The molecule has 1 aromatic rings. The van der Waals surface area contributed by atoms with E-state index in [0.717, 1.165) is 31.7 Å². The van der Waals surface area contributed by atoms with Gasteiger partial charge in [0.05, 0.1) is 6.20 Å². The van der Waals surface area contributed by atoms with Crippen molar-refractivity contribution in [2.75, 3.05) is 25.0 Å². The number of aromatic nitrogens is 1. The van der Waals surface area contributed by atoms with Gasteiger partial charge in [-0.3, -0.25) is 0 Å². The molecule has 1 N–H and O–H groups in total. The van der Waals surface area contributed by atoms with Crippen LogP contribution in [0.5, 0.6) is 0 Å². The number of anilines is 1. The van der Waals surface area contributed by atoms with Gasteiger partial charge in [0.2, 0.25) is 0 Å². The minimum atomic E-state index is -0.284. The first-order chi connectivity index (χ1) is 8.28.